The van der Waals surface area contributed by atoms with Gasteiger partial charge in [-0.05, 0) is 49.1 Å². The molecule has 7 nitrogen and oxygen atoms in total. The Morgan fingerprint density at radius 3 is 2.61 bits per heavy atom. The van der Waals surface area contributed by atoms with E-state index in [0.717, 1.165) is 16.3 Å². The van der Waals surface area contributed by atoms with Gasteiger partial charge in [-0.25, -0.2) is 0 Å². The maximum atomic E-state index is 13.5. The van der Waals surface area contributed by atoms with E-state index in [1.165, 1.54) is 16.4 Å². The van der Waals surface area contributed by atoms with Crippen LogP contribution in [-0.2, 0) is 32.7 Å². The van der Waals surface area contributed by atoms with Crippen LogP contribution in [-0.4, -0.2) is 43.5 Å². The molecule has 1 N–H and O–H groups in total. The van der Waals surface area contributed by atoms with Gasteiger partial charge in [-0.15, -0.1) is 0 Å². The highest BCUT2D eigenvalue weighted by molar-refractivity contribution is 7.90. The first kappa shape index (κ1) is 20.2. The maximum absolute atomic E-state index is 13.5. The highest BCUT2D eigenvalue weighted by Crippen LogP contribution is 2.30. The van der Waals surface area contributed by atoms with Crippen LogP contribution in [0.25, 0.3) is 0 Å². The van der Waals surface area contributed by atoms with Crippen molar-refractivity contribution in [2.24, 2.45) is 0 Å². The monoisotopic (exact) mass is 404 g/mol. The molecule has 0 spiro atoms. The molecule has 0 bridgehead atoms. The predicted molar refractivity (Wildman–Crippen MR) is 106 cm³/mol. The standard InChI is InChI=1S/C20H24N2O5S/c1-2-27-20(24)15-21(14-16-9-11-18(23)12-10-16)28(25,26)22-13-5-7-17-6-3-4-8-19(17)22/h3-4,6,8-12,23H,2,5,7,13-15H2,1H3. The average Bonchev–Trinajstić information content (AvgIpc) is 2.69. The van der Waals surface area contributed by atoms with Crippen molar-refractivity contribution < 1.29 is 23.1 Å². The van der Waals surface area contributed by atoms with Crippen molar-refractivity contribution in [1.82, 2.24) is 4.31 Å². The summed E-state index contributed by atoms with van der Waals surface area (Å²) < 4.78 is 34.4. The van der Waals surface area contributed by atoms with Gasteiger partial charge in [-0.1, -0.05) is 30.3 Å². The Morgan fingerprint density at radius 1 is 1.18 bits per heavy atom. The Hall–Kier alpha value is -2.58. The van der Waals surface area contributed by atoms with Crippen LogP contribution in [0, 0.1) is 0 Å². The van der Waals surface area contributed by atoms with Gasteiger partial charge in [0.05, 0.1) is 12.3 Å². The van der Waals surface area contributed by atoms with Crippen molar-refractivity contribution in [3.8, 4) is 5.75 Å². The third-order valence-electron chi connectivity index (χ3n) is 4.58. The lowest BCUT2D eigenvalue weighted by Crippen LogP contribution is -2.47. The van der Waals surface area contributed by atoms with Gasteiger partial charge in [0.2, 0.25) is 0 Å². The van der Waals surface area contributed by atoms with Crippen molar-refractivity contribution >= 4 is 21.9 Å². The Balaban J connectivity index is 1.93. The van der Waals surface area contributed by atoms with Crippen molar-refractivity contribution in [2.75, 3.05) is 24.0 Å². The van der Waals surface area contributed by atoms with Gasteiger partial charge in [0, 0.05) is 13.1 Å². The number of phenolic OH excluding ortho intramolecular Hbond substituents is 1. The first-order valence-corrected chi connectivity index (χ1v) is 10.6. The van der Waals surface area contributed by atoms with Crippen LogP contribution in [0.2, 0.25) is 0 Å². The lowest BCUT2D eigenvalue weighted by Gasteiger charge is -2.34. The molecule has 0 amide bonds. The molecular weight excluding hydrogens is 380 g/mol. The van der Waals surface area contributed by atoms with E-state index in [-0.39, 0.29) is 25.4 Å². The maximum Gasteiger partial charge on any atom is 0.321 e. The number of phenols is 1. The lowest BCUT2D eigenvalue weighted by atomic mass is 10.0. The number of hydrogen-bond donors (Lipinski definition) is 1. The molecule has 0 saturated heterocycles. The second kappa shape index (κ2) is 8.62. The average molecular weight is 404 g/mol. The summed E-state index contributed by atoms with van der Waals surface area (Å²) in [6.45, 7) is 1.83. The van der Waals surface area contributed by atoms with Gasteiger partial charge >= 0.3 is 16.2 Å². The molecule has 0 unspecified atom stereocenters. The Labute approximate surface area is 165 Å². The van der Waals surface area contributed by atoms with Crippen LogP contribution < -0.4 is 4.31 Å². The van der Waals surface area contributed by atoms with E-state index >= 15 is 0 Å². The zero-order chi connectivity index (χ0) is 20.1. The molecule has 1 heterocycles. The van der Waals surface area contributed by atoms with Gasteiger partial charge in [0.1, 0.15) is 12.3 Å². The van der Waals surface area contributed by atoms with Gasteiger partial charge in [-0.3, -0.25) is 9.10 Å². The molecular formula is C20H24N2O5S. The molecule has 2 aromatic rings. The Bertz CT molecular complexity index is 928. The molecule has 0 fully saturated rings. The number of nitrogens with zero attached hydrogens (tertiary/aromatic N) is 2. The number of ether oxygens (including phenoxy) is 1. The molecule has 8 heteroatoms. The van der Waals surface area contributed by atoms with Crippen molar-refractivity contribution in [3.63, 3.8) is 0 Å². The summed E-state index contributed by atoms with van der Waals surface area (Å²) in [5, 5.41) is 9.46. The van der Waals surface area contributed by atoms with E-state index in [1.54, 1.807) is 25.1 Å². The first-order valence-electron chi connectivity index (χ1n) is 9.21. The summed E-state index contributed by atoms with van der Waals surface area (Å²) in [6.07, 6.45) is 1.53. The molecule has 0 aromatic heterocycles. The summed E-state index contributed by atoms with van der Waals surface area (Å²) in [7, 11) is -3.96. The molecule has 0 atom stereocenters. The van der Waals surface area contributed by atoms with E-state index in [4.69, 9.17) is 4.74 Å². The number of carbonyl (C=O) groups excluding carboxylic acids is 1. The minimum atomic E-state index is -3.96. The van der Waals surface area contributed by atoms with Crippen LogP contribution >= 0.6 is 0 Å². The van der Waals surface area contributed by atoms with Crippen LogP contribution in [0.5, 0.6) is 5.75 Å². The van der Waals surface area contributed by atoms with Crippen molar-refractivity contribution in [1.29, 1.82) is 0 Å². The number of fused-ring (bicyclic) bond motifs is 1. The number of aryl methyl sites for hydroxylation is 1. The zero-order valence-corrected chi connectivity index (χ0v) is 16.6. The highest BCUT2D eigenvalue weighted by atomic mass is 32.2. The van der Waals surface area contributed by atoms with Crippen LogP contribution in [0.4, 0.5) is 5.69 Å². The molecule has 28 heavy (non-hydrogen) atoms. The number of hydrogen-bond acceptors (Lipinski definition) is 5. The fourth-order valence-corrected chi connectivity index (χ4v) is 4.90. The van der Waals surface area contributed by atoms with Crippen LogP contribution in [0.3, 0.4) is 0 Å². The normalized spacial score (nSPS) is 14.0. The Morgan fingerprint density at radius 2 is 1.89 bits per heavy atom. The number of anilines is 1. The van der Waals surface area contributed by atoms with Gasteiger partial charge in [-0.2, -0.15) is 12.7 Å². The first-order chi connectivity index (χ1) is 13.4. The SMILES string of the molecule is CCOC(=O)CN(Cc1ccc(O)cc1)S(=O)(=O)N1CCCc2ccccc21. The fourth-order valence-electron chi connectivity index (χ4n) is 3.25. The molecule has 0 saturated carbocycles. The minimum Gasteiger partial charge on any atom is -0.508 e. The van der Waals surface area contributed by atoms with E-state index < -0.39 is 16.2 Å². The Kier molecular flexibility index (Phi) is 6.21. The molecule has 1 aliphatic heterocycles. The summed E-state index contributed by atoms with van der Waals surface area (Å²) >= 11 is 0. The quantitative estimate of drug-likeness (QED) is 0.717. The molecule has 150 valence electrons. The summed E-state index contributed by atoms with van der Waals surface area (Å²) in [5.74, 6) is -0.511. The zero-order valence-electron chi connectivity index (χ0n) is 15.7. The van der Waals surface area contributed by atoms with E-state index in [0.29, 0.717) is 24.2 Å². The molecule has 2 aromatic carbocycles. The van der Waals surface area contributed by atoms with Crippen molar-refractivity contribution in [3.05, 3.63) is 59.7 Å². The molecule has 0 radical (unpaired) electrons. The largest absolute Gasteiger partial charge is 0.508 e. The lowest BCUT2D eigenvalue weighted by molar-refractivity contribution is -0.143. The second-order valence-corrected chi connectivity index (χ2v) is 8.40. The van der Waals surface area contributed by atoms with Gasteiger partial charge in [0.15, 0.2) is 0 Å². The van der Waals surface area contributed by atoms with E-state index in [1.807, 2.05) is 18.2 Å². The third kappa shape index (κ3) is 4.45. The molecule has 0 aliphatic carbocycles. The van der Waals surface area contributed by atoms with Gasteiger partial charge in [0.25, 0.3) is 0 Å². The number of benzene rings is 2. The molecule has 3 rings (SSSR count). The number of aromatic hydroxyl groups is 1. The second-order valence-electron chi connectivity index (χ2n) is 6.55. The number of rotatable bonds is 7. The summed E-state index contributed by atoms with van der Waals surface area (Å²) in [4.78, 5) is 12.1. The topological polar surface area (TPSA) is 87.1 Å². The summed E-state index contributed by atoms with van der Waals surface area (Å²) in [6, 6.07) is 13.6. The number of para-hydroxylation sites is 1. The van der Waals surface area contributed by atoms with Crippen LogP contribution in [0.1, 0.15) is 24.5 Å². The van der Waals surface area contributed by atoms with Gasteiger partial charge < -0.3 is 9.84 Å². The fraction of sp³-hybridized carbons (Fsp3) is 0.350. The summed E-state index contributed by atoms with van der Waals surface area (Å²) in [5.41, 5.74) is 2.28. The predicted octanol–water partition coefficient (Wildman–Crippen LogP) is 2.45. The number of carbonyl (C=O) groups is 1. The minimum absolute atomic E-state index is 0.0000938. The van der Waals surface area contributed by atoms with Crippen LogP contribution in [0.15, 0.2) is 48.5 Å². The number of esters is 1. The highest BCUT2D eigenvalue weighted by Gasteiger charge is 2.34. The third-order valence-corrected chi connectivity index (χ3v) is 6.43. The van der Waals surface area contributed by atoms with Crippen molar-refractivity contribution in [2.45, 2.75) is 26.3 Å². The smallest absolute Gasteiger partial charge is 0.321 e. The molecule has 1 aliphatic rings. The van der Waals surface area contributed by atoms with E-state index in [2.05, 4.69) is 0 Å². The van der Waals surface area contributed by atoms with E-state index in [9.17, 15) is 18.3 Å².